The number of aromatic nitrogens is 1. The minimum absolute atomic E-state index is 0.0577. The Morgan fingerprint density at radius 1 is 1.07 bits per heavy atom. The number of amides is 2. The van der Waals surface area contributed by atoms with Gasteiger partial charge >= 0.3 is 6.09 Å². The van der Waals surface area contributed by atoms with E-state index in [1.165, 1.54) is 35.4 Å². The van der Waals surface area contributed by atoms with E-state index in [0.29, 0.717) is 30.0 Å². The van der Waals surface area contributed by atoms with Gasteiger partial charge in [-0.15, -0.1) is 0 Å². The van der Waals surface area contributed by atoms with E-state index in [9.17, 15) is 27.9 Å². The average Bonchev–Trinajstić information content (AvgIpc) is 3.87. The highest BCUT2D eigenvalue weighted by Gasteiger charge is 2.37. The molecule has 1 aliphatic carbocycles. The third-order valence-corrected chi connectivity index (χ3v) is 8.37. The van der Waals surface area contributed by atoms with Crippen molar-refractivity contribution in [2.75, 3.05) is 32.1 Å². The van der Waals surface area contributed by atoms with Gasteiger partial charge in [-0.05, 0) is 67.0 Å². The van der Waals surface area contributed by atoms with Crippen LogP contribution in [0.15, 0.2) is 60.9 Å². The first kappa shape index (κ1) is 32.4. The van der Waals surface area contributed by atoms with E-state index >= 15 is 0 Å². The quantitative estimate of drug-likeness (QED) is 0.266. The Kier molecular flexibility index (Phi) is 10.7. The number of carbonyl (C=O) groups excluding carboxylic acids is 2. The van der Waals surface area contributed by atoms with E-state index in [1.54, 1.807) is 31.3 Å². The molecule has 2 aliphatic rings. The Labute approximate surface area is 259 Å². The van der Waals surface area contributed by atoms with Crippen LogP contribution in [0.4, 0.5) is 23.7 Å². The molecule has 240 valence electrons. The van der Waals surface area contributed by atoms with Crippen molar-refractivity contribution in [1.29, 1.82) is 0 Å². The van der Waals surface area contributed by atoms with Crippen LogP contribution in [0, 0.1) is 23.4 Å². The van der Waals surface area contributed by atoms with Gasteiger partial charge in [-0.1, -0.05) is 24.3 Å². The summed E-state index contributed by atoms with van der Waals surface area (Å²) in [6.45, 7) is 0.344. The van der Waals surface area contributed by atoms with Gasteiger partial charge < -0.3 is 24.8 Å². The third kappa shape index (κ3) is 8.59. The molecule has 1 unspecified atom stereocenters. The lowest BCUT2D eigenvalue weighted by Crippen LogP contribution is -2.51. The molecular formula is C33H37F3N4O5. The molecule has 3 aromatic rings. The first-order chi connectivity index (χ1) is 21.7. The van der Waals surface area contributed by atoms with Crippen molar-refractivity contribution in [3.8, 4) is 0 Å². The van der Waals surface area contributed by atoms with Crippen LogP contribution < -0.4 is 10.6 Å². The van der Waals surface area contributed by atoms with Gasteiger partial charge in [0, 0.05) is 31.5 Å². The predicted octanol–water partition coefficient (Wildman–Crippen LogP) is 4.75. The van der Waals surface area contributed by atoms with Gasteiger partial charge in [-0.2, -0.15) is 0 Å². The summed E-state index contributed by atoms with van der Waals surface area (Å²) < 4.78 is 53.5. The summed E-state index contributed by atoms with van der Waals surface area (Å²) in [6, 6.07) is 11.2. The first-order valence-electron chi connectivity index (χ1n) is 15.0. The van der Waals surface area contributed by atoms with Crippen LogP contribution in [-0.4, -0.2) is 72.2 Å². The Bertz CT molecular complexity index is 1400. The van der Waals surface area contributed by atoms with Crippen LogP contribution in [-0.2, 0) is 20.7 Å². The van der Waals surface area contributed by atoms with Crippen LogP contribution in [0.25, 0.3) is 0 Å². The molecule has 0 radical (unpaired) electrons. The second-order valence-electron chi connectivity index (χ2n) is 11.5. The Morgan fingerprint density at radius 2 is 1.71 bits per heavy atom. The number of aliphatic hydroxyl groups excluding tert-OH is 1. The summed E-state index contributed by atoms with van der Waals surface area (Å²) in [5.74, 6) is -2.03. The average molecular weight is 627 g/mol. The number of anilines is 1. The van der Waals surface area contributed by atoms with Gasteiger partial charge in [-0.25, -0.2) is 18.0 Å². The number of ether oxygens (including phenoxy) is 2. The van der Waals surface area contributed by atoms with Gasteiger partial charge in [0.1, 0.15) is 17.5 Å². The minimum Gasteiger partial charge on any atom is -0.428 e. The van der Waals surface area contributed by atoms with Crippen molar-refractivity contribution in [2.24, 2.45) is 5.92 Å². The zero-order valence-electron chi connectivity index (χ0n) is 24.9. The van der Waals surface area contributed by atoms with E-state index in [4.69, 9.17) is 9.47 Å². The van der Waals surface area contributed by atoms with Crippen LogP contribution in [0.2, 0.25) is 0 Å². The first-order valence-corrected chi connectivity index (χ1v) is 15.0. The SMILES string of the molecule is CN(C(=O)O[C@H]1CO[C@H](CCc2c(F)cncc2NC(=O)CC(c2ccc(F)cc2)c2ccc(F)cc2)CN1)C(CO)C1CC1. The minimum atomic E-state index is -0.655. The molecule has 3 atom stereocenters. The van der Waals surface area contributed by atoms with Crippen molar-refractivity contribution in [3.05, 3.63) is 95.1 Å². The molecule has 0 bridgehead atoms. The van der Waals surface area contributed by atoms with E-state index in [-0.39, 0.29) is 49.5 Å². The van der Waals surface area contributed by atoms with Crippen molar-refractivity contribution < 1.29 is 37.3 Å². The summed E-state index contributed by atoms with van der Waals surface area (Å²) in [5, 5.41) is 15.5. The van der Waals surface area contributed by atoms with E-state index in [0.717, 1.165) is 19.0 Å². The number of hydrogen-bond acceptors (Lipinski definition) is 7. The predicted molar refractivity (Wildman–Crippen MR) is 160 cm³/mol. The molecule has 3 N–H and O–H groups in total. The molecule has 2 heterocycles. The fraction of sp³-hybridized carbons (Fsp3) is 0.424. The topological polar surface area (TPSA) is 113 Å². The van der Waals surface area contributed by atoms with Gasteiger partial charge in [-0.3, -0.25) is 15.1 Å². The molecule has 1 saturated carbocycles. The standard InChI is InChI=1S/C33H37F3N4O5/c1-40(30(18-41)22-2-3-22)33(43)45-32-19-44-25(15-38-32)12-13-26-28(36)16-37-17-29(26)39-31(42)14-27(20-4-8-23(34)9-5-20)21-6-10-24(35)11-7-21/h4-11,16-17,22,25,27,30,32,38,41H,2-3,12-15,18-19H2,1H3,(H,39,42)/t25-,30?,32+/m1/s1. The maximum atomic E-state index is 14.9. The van der Waals surface area contributed by atoms with Crippen molar-refractivity contribution >= 4 is 17.7 Å². The molecule has 2 amide bonds. The molecule has 2 aromatic carbocycles. The lowest BCUT2D eigenvalue weighted by Gasteiger charge is -2.32. The number of halogens is 3. The number of likely N-dealkylation sites (N-methyl/N-ethyl adjacent to an activating group) is 1. The molecule has 9 nitrogen and oxygen atoms in total. The summed E-state index contributed by atoms with van der Waals surface area (Å²) in [5.41, 5.74) is 1.84. The fourth-order valence-electron chi connectivity index (χ4n) is 5.61. The lowest BCUT2D eigenvalue weighted by atomic mass is 9.88. The highest BCUT2D eigenvalue weighted by Crippen LogP contribution is 2.35. The normalized spacial score (nSPS) is 18.8. The van der Waals surface area contributed by atoms with Crippen LogP contribution in [0.1, 0.15) is 48.3 Å². The van der Waals surface area contributed by atoms with Crippen LogP contribution in [0.3, 0.4) is 0 Å². The molecule has 1 saturated heterocycles. The smallest absolute Gasteiger partial charge is 0.411 e. The number of morpholine rings is 1. The number of nitrogens with zero attached hydrogens (tertiary/aromatic N) is 2. The number of aliphatic hydroxyl groups is 1. The summed E-state index contributed by atoms with van der Waals surface area (Å²) in [4.78, 5) is 31.1. The summed E-state index contributed by atoms with van der Waals surface area (Å²) in [7, 11) is 1.61. The molecular weight excluding hydrogens is 589 g/mol. The molecule has 1 aliphatic heterocycles. The number of nitrogens with one attached hydrogen (secondary N) is 2. The molecule has 1 aromatic heterocycles. The Balaban J connectivity index is 1.16. The second kappa shape index (κ2) is 14.9. The van der Waals surface area contributed by atoms with Crippen LogP contribution >= 0.6 is 0 Å². The van der Waals surface area contributed by atoms with E-state index < -0.39 is 41.6 Å². The third-order valence-electron chi connectivity index (χ3n) is 8.37. The fourth-order valence-corrected chi connectivity index (χ4v) is 5.61. The maximum Gasteiger partial charge on any atom is 0.411 e. The molecule has 2 fully saturated rings. The monoisotopic (exact) mass is 626 g/mol. The van der Waals surface area contributed by atoms with Crippen LogP contribution in [0.5, 0.6) is 0 Å². The number of pyridine rings is 1. The Morgan fingerprint density at radius 3 is 2.27 bits per heavy atom. The molecule has 12 heteroatoms. The molecule has 5 rings (SSSR count). The van der Waals surface area contributed by atoms with Gasteiger partial charge in [0.25, 0.3) is 0 Å². The zero-order valence-corrected chi connectivity index (χ0v) is 24.9. The van der Waals surface area contributed by atoms with Gasteiger partial charge in [0.05, 0.1) is 43.4 Å². The highest BCUT2D eigenvalue weighted by molar-refractivity contribution is 5.92. The van der Waals surface area contributed by atoms with Crippen molar-refractivity contribution in [2.45, 2.75) is 56.4 Å². The number of benzene rings is 2. The maximum absolute atomic E-state index is 14.9. The number of carbonyl (C=O) groups is 2. The highest BCUT2D eigenvalue weighted by atomic mass is 19.1. The second-order valence-corrected chi connectivity index (χ2v) is 11.5. The number of rotatable bonds is 12. The van der Waals surface area contributed by atoms with E-state index in [1.807, 2.05) is 0 Å². The van der Waals surface area contributed by atoms with E-state index in [2.05, 4.69) is 15.6 Å². The van der Waals surface area contributed by atoms with Crippen molar-refractivity contribution in [3.63, 3.8) is 0 Å². The van der Waals surface area contributed by atoms with Crippen molar-refractivity contribution in [1.82, 2.24) is 15.2 Å². The zero-order chi connectivity index (χ0) is 31.9. The lowest BCUT2D eigenvalue weighted by molar-refractivity contribution is -0.116. The Hall–Kier alpha value is -4.00. The summed E-state index contributed by atoms with van der Waals surface area (Å²) in [6.07, 6.45) is 3.52. The number of hydrogen-bond donors (Lipinski definition) is 3. The molecule has 45 heavy (non-hydrogen) atoms. The van der Waals surface area contributed by atoms with Gasteiger partial charge in [0.2, 0.25) is 5.91 Å². The van der Waals surface area contributed by atoms with Gasteiger partial charge in [0.15, 0.2) is 6.23 Å². The largest absolute Gasteiger partial charge is 0.428 e. The molecule has 0 spiro atoms. The summed E-state index contributed by atoms with van der Waals surface area (Å²) >= 11 is 0.